The summed E-state index contributed by atoms with van der Waals surface area (Å²) in [6.45, 7) is 8.51. The van der Waals surface area contributed by atoms with E-state index in [9.17, 15) is 9.59 Å². The summed E-state index contributed by atoms with van der Waals surface area (Å²) in [5, 5.41) is 3.84. The molecule has 0 saturated carbocycles. The minimum absolute atomic E-state index is 0.198. The minimum atomic E-state index is -0.382. The zero-order valence-corrected chi connectivity index (χ0v) is 15.7. The van der Waals surface area contributed by atoms with E-state index in [1.807, 2.05) is 32.9 Å². The van der Waals surface area contributed by atoms with E-state index in [1.54, 1.807) is 10.6 Å². The molecular weight excluding hydrogens is 314 g/mol. The van der Waals surface area contributed by atoms with Crippen LogP contribution in [-0.4, -0.2) is 29.1 Å². The normalized spacial score (nSPS) is 17.0. The molecule has 0 bridgehead atoms. The number of carbonyl (C=O) groups is 1. The van der Waals surface area contributed by atoms with Crippen LogP contribution in [0.3, 0.4) is 0 Å². The van der Waals surface area contributed by atoms with Crippen molar-refractivity contribution in [3.63, 3.8) is 0 Å². The highest BCUT2D eigenvalue weighted by Crippen LogP contribution is 2.32. The van der Waals surface area contributed by atoms with Gasteiger partial charge in [-0.25, -0.2) is 0 Å². The standard InChI is InChI=1S/C20H27N3O2/c1-6-8-14-12-23-17-13(9-7-10-16(17)22(14)5)11-15(19(23)25)18(24)21-20(2,3)4/h7,9-11,14H,6,8,12H2,1-5H3,(H,21,24). The molecule has 1 aliphatic rings. The molecule has 5 heteroatoms. The summed E-state index contributed by atoms with van der Waals surface area (Å²) < 4.78 is 1.79. The number of nitrogens with zero attached hydrogens (tertiary/aromatic N) is 2. The fourth-order valence-corrected chi connectivity index (χ4v) is 3.60. The number of anilines is 1. The molecule has 5 nitrogen and oxygen atoms in total. The van der Waals surface area contributed by atoms with Gasteiger partial charge in [-0.05, 0) is 39.3 Å². The van der Waals surface area contributed by atoms with Crippen LogP contribution in [0.4, 0.5) is 5.69 Å². The Hall–Kier alpha value is -2.30. The first kappa shape index (κ1) is 17.5. The van der Waals surface area contributed by atoms with Crippen LogP contribution in [0, 0.1) is 0 Å². The largest absolute Gasteiger partial charge is 0.368 e. The molecule has 1 amide bonds. The Morgan fingerprint density at radius 2 is 2.04 bits per heavy atom. The second-order valence-corrected chi connectivity index (χ2v) is 7.95. The van der Waals surface area contributed by atoms with Crippen LogP contribution in [0.25, 0.3) is 10.9 Å². The number of carbonyl (C=O) groups excluding carboxylic acids is 1. The molecule has 134 valence electrons. The summed E-state index contributed by atoms with van der Waals surface area (Å²) in [6.07, 6.45) is 2.07. The van der Waals surface area contributed by atoms with Crippen LogP contribution in [-0.2, 0) is 6.54 Å². The van der Waals surface area contributed by atoms with Crippen LogP contribution in [0.2, 0.25) is 0 Å². The van der Waals surface area contributed by atoms with Crippen molar-refractivity contribution in [2.24, 2.45) is 0 Å². The number of benzene rings is 1. The maximum atomic E-state index is 13.1. The molecule has 0 saturated heterocycles. The van der Waals surface area contributed by atoms with Crippen molar-refractivity contribution in [1.29, 1.82) is 0 Å². The summed E-state index contributed by atoms with van der Waals surface area (Å²) >= 11 is 0. The Balaban J connectivity index is 2.19. The average Bonchev–Trinajstić information content (AvgIpc) is 2.52. The molecule has 0 radical (unpaired) electrons. The lowest BCUT2D eigenvalue weighted by molar-refractivity contribution is 0.0917. The number of aromatic nitrogens is 1. The third kappa shape index (κ3) is 3.15. The van der Waals surface area contributed by atoms with Crippen LogP contribution < -0.4 is 15.8 Å². The number of likely N-dealkylation sites (N-methyl/N-ethyl adjacent to an activating group) is 1. The van der Waals surface area contributed by atoms with Crippen molar-refractivity contribution in [3.8, 4) is 0 Å². The Morgan fingerprint density at radius 1 is 1.32 bits per heavy atom. The van der Waals surface area contributed by atoms with Crippen molar-refractivity contribution in [3.05, 3.63) is 40.2 Å². The van der Waals surface area contributed by atoms with E-state index < -0.39 is 0 Å². The Kier molecular flexibility index (Phi) is 4.35. The van der Waals surface area contributed by atoms with Gasteiger partial charge in [-0.15, -0.1) is 0 Å². The van der Waals surface area contributed by atoms with Gasteiger partial charge in [-0.3, -0.25) is 9.59 Å². The van der Waals surface area contributed by atoms with E-state index >= 15 is 0 Å². The van der Waals surface area contributed by atoms with E-state index in [0.717, 1.165) is 29.4 Å². The summed E-state index contributed by atoms with van der Waals surface area (Å²) in [5.74, 6) is -0.306. The second kappa shape index (κ2) is 6.21. The van der Waals surface area contributed by atoms with Gasteiger partial charge in [0.15, 0.2) is 0 Å². The third-order valence-electron chi connectivity index (χ3n) is 4.77. The van der Waals surface area contributed by atoms with Crippen molar-refractivity contribution >= 4 is 22.5 Å². The van der Waals surface area contributed by atoms with Gasteiger partial charge in [0, 0.05) is 30.6 Å². The Morgan fingerprint density at radius 3 is 2.68 bits per heavy atom. The number of rotatable bonds is 3. The van der Waals surface area contributed by atoms with Crippen molar-refractivity contribution in [2.75, 3.05) is 11.9 Å². The monoisotopic (exact) mass is 341 g/mol. The zero-order chi connectivity index (χ0) is 18.4. The number of para-hydroxylation sites is 1. The summed E-state index contributed by atoms with van der Waals surface area (Å²) in [5.41, 5.74) is 1.62. The van der Waals surface area contributed by atoms with Crippen molar-refractivity contribution in [2.45, 2.75) is 58.7 Å². The highest BCUT2D eigenvalue weighted by molar-refractivity contribution is 6.00. The molecule has 1 aromatic heterocycles. The molecular formula is C20H27N3O2. The predicted octanol–water partition coefficient (Wildman–Crippen LogP) is 3.15. The lowest BCUT2D eigenvalue weighted by Crippen LogP contribution is -2.46. The first-order valence-electron chi connectivity index (χ1n) is 8.95. The minimum Gasteiger partial charge on any atom is -0.368 e. The van der Waals surface area contributed by atoms with Crippen LogP contribution in [0.5, 0.6) is 0 Å². The maximum Gasteiger partial charge on any atom is 0.264 e. The number of pyridine rings is 1. The number of amides is 1. The van der Waals surface area contributed by atoms with E-state index in [1.165, 1.54) is 0 Å². The molecule has 25 heavy (non-hydrogen) atoms. The summed E-state index contributed by atoms with van der Waals surface area (Å²) in [4.78, 5) is 28.0. The van der Waals surface area contributed by atoms with Gasteiger partial charge in [0.05, 0.1) is 11.2 Å². The molecule has 1 N–H and O–H groups in total. The van der Waals surface area contributed by atoms with E-state index in [4.69, 9.17) is 0 Å². The topological polar surface area (TPSA) is 54.3 Å². The third-order valence-corrected chi connectivity index (χ3v) is 4.77. The molecule has 1 atom stereocenters. The van der Waals surface area contributed by atoms with Gasteiger partial charge in [0.25, 0.3) is 11.5 Å². The number of nitrogens with one attached hydrogen (secondary N) is 1. The fraction of sp³-hybridized carbons (Fsp3) is 0.500. The van der Waals surface area contributed by atoms with Gasteiger partial charge in [0.1, 0.15) is 5.56 Å². The van der Waals surface area contributed by atoms with Crippen molar-refractivity contribution in [1.82, 2.24) is 9.88 Å². The first-order valence-corrected chi connectivity index (χ1v) is 8.95. The van der Waals surface area contributed by atoms with E-state index in [2.05, 4.69) is 30.3 Å². The molecule has 1 aromatic carbocycles. The van der Waals surface area contributed by atoms with Crippen LogP contribution in [0.15, 0.2) is 29.1 Å². The lowest BCUT2D eigenvalue weighted by Gasteiger charge is -2.36. The quantitative estimate of drug-likeness (QED) is 0.933. The molecule has 3 rings (SSSR count). The Bertz CT molecular complexity index is 877. The molecule has 1 unspecified atom stereocenters. The average molecular weight is 341 g/mol. The highest BCUT2D eigenvalue weighted by atomic mass is 16.2. The highest BCUT2D eigenvalue weighted by Gasteiger charge is 2.28. The van der Waals surface area contributed by atoms with Crippen LogP contribution >= 0.6 is 0 Å². The SMILES string of the molecule is CCCC1Cn2c(=O)c(C(=O)NC(C)(C)C)cc3cccc(c32)N1C. The van der Waals surface area contributed by atoms with Gasteiger partial charge >= 0.3 is 0 Å². The molecule has 0 spiro atoms. The smallest absolute Gasteiger partial charge is 0.264 e. The predicted molar refractivity (Wildman–Crippen MR) is 103 cm³/mol. The molecule has 0 fully saturated rings. The summed E-state index contributed by atoms with van der Waals surface area (Å²) in [6, 6.07) is 8.00. The zero-order valence-electron chi connectivity index (χ0n) is 15.7. The van der Waals surface area contributed by atoms with Crippen LogP contribution in [0.1, 0.15) is 50.9 Å². The molecule has 2 heterocycles. The van der Waals surface area contributed by atoms with Gasteiger partial charge < -0.3 is 14.8 Å². The second-order valence-electron chi connectivity index (χ2n) is 7.95. The maximum absolute atomic E-state index is 13.1. The first-order chi connectivity index (χ1) is 11.7. The number of hydrogen-bond acceptors (Lipinski definition) is 3. The van der Waals surface area contributed by atoms with Gasteiger partial charge in [-0.1, -0.05) is 25.5 Å². The Labute approximate surface area is 148 Å². The van der Waals surface area contributed by atoms with E-state index in [-0.39, 0.29) is 28.6 Å². The number of hydrogen-bond donors (Lipinski definition) is 1. The van der Waals surface area contributed by atoms with Crippen molar-refractivity contribution < 1.29 is 4.79 Å². The van der Waals surface area contributed by atoms with Gasteiger partial charge in [-0.2, -0.15) is 0 Å². The molecule has 1 aliphatic heterocycles. The fourth-order valence-electron chi connectivity index (χ4n) is 3.60. The molecule has 2 aromatic rings. The van der Waals surface area contributed by atoms with E-state index in [0.29, 0.717) is 6.54 Å². The van der Waals surface area contributed by atoms with Gasteiger partial charge in [0.2, 0.25) is 0 Å². The molecule has 0 aliphatic carbocycles. The lowest BCUT2D eigenvalue weighted by atomic mass is 10.0. The summed E-state index contributed by atoms with van der Waals surface area (Å²) in [7, 11) is 2.09.